The lowest BCUT2D eigenvalue weighted by atomic mass is 9.81. The number of rotatable bonds is 9. The molecule has 1 aliphatic rings. The molecule has 7 heteroatoms. The fourth-order valence-electron chi connectivity index (χ4n) is 5.30. The van der Waals surface area contributed by atoms with E-state index in [1.165, 1.54) is 41.3 Å². The Hall–Kier alpha value is -3.29. The standard InChI is InChI=1S/C30H35F2N3O2/c1-3-19-12-26(21-6-4-7-24(33)15-21)25-8-5-9-28(27(25)13-19)34-17-30(37)29(35-18(2)36)14-20-10-22(31)16-23(32)11-20/h4,6-7,10-13,15-16,28-30,34,37H,3,5,8-9,14,17,33H2,1-2H3,(H,35,36)/t28-,29+,30-/m1/s1. The van der Waals surface area contributed by atoms with E-state index >= 15 is 0 Å². The molecule has 0 saturated carbocycles. The molecule has 37 heavy (non-hydrogen) atoms. The van der Waals surface area contributed by atoms with E-state index in [4.69, 9.17) is 5.73 Å². The maximum absolute atomic E-state index is 13.7. The molecule has 0 aliphatic heterocycles. The van der Waals surface area contributed by atoms with Crippen LogP contribution in [0.3, 0.4) is 0 Å². The highest BCUT2D eigenvalue weighted by atomic mass is 19.1. The van der Waals surface area contributed by atoms with Crippen LogP contribution in [0.1, 0.15) is 55.0 Å². The van der Waals surface area contributed by atoms with Gasteiger partial charge in [0, 0.05) is 31.3 Å². The Labute approximate surface area is 217 Å². The second-order valence-corrected chi connectivity index (χ2v) is 9.90. The maximum Gasteiger partial charge on any atom is 0.217 e. The highest BCUT2D eigenvalue weighted by Crippen LogP contribution is 2.38. The Kier molecular flexibility index (Phi) is 8.56. The Balaban J connectivity index is 1.55. The molecule has 0 saturated heterocycles. The van der Waals surface area contributed by atoms with E-state index in [1.807, 2.05) is 18.2 Å². The van der Waals surface area contributed by atoms with Crippen LogP contribution in [0.5, 0.6) is 0 Å². The molecule has 5 N–H and O–H groups in total. The molecule has 196 valence electrons. The van der Waals surface area contributed by atoms with E-state index < -0.39 is 23.8 Å². The summed E-state index contributed by atoms with van der Waals surface area (Å²) in [5, 5.41) is 17.3. The van der Waals surface area contributed by atoms with Gasteiger partial charge in [-0.05, 0) is 89.8 Å². The average molecular weight is 508 g/mol. The number of nitrogens with two attached hydrogens (primary N) is 1. The van der Waals surface area contributed by atoms with Gasteiger partial charge in [0.2, 0.25) is 5.91 Å². The monoisotopic (exact) mass is 507 g/mol. The number of nitrogen functional groups attached to an aromatic ring is 1. The number of aryl methyl sites for hydroxylation is 1. The van der Waals surface area contributed by atoms with Gasteiger partial charge in [-0.2, -0.15) is 0 Å². The molecule has 0 fully saturated rings. The van der Waals surface area contributed by atoms with Crippen molar-refractivity contribution in [2.45, 2.75) is 64.1 Å². The van der Waals surface area contributed by atoms with Crippen molar-refractivity contribution < 1.29 is 18.7 Å². The first-order valence-corrected chi connectivity index (χ1v) is 12.9. The van der Waals surface area contributed by atoms with Crippen LogP contribution < -0.4 is 16.4 Å². The molecule has 5 nitrogen and oxygen atoms in total. The quantitative estimate of drug-likeness (QED) is 0.312. The third-order valence-corrected chi connectivity index (χ3v) is 7.05. The lowest BCUT2D eigenvalue weighted by Crippen LogP contribution is -2.48. The number of carbonyl (C=O) groups is 1. The van der Waals surface area contributed by atoms with Gasteiger partial charge in [0.05, 0.1) is 12.1 Å². The number of hydrogen-bond acceptors (Lipinski definition) is 4. The van der Waals surface area contributed by atoms with Gasteiger partial charge < -0.3 is 21.5 Å². The van der Waals surface area contributed by atoms with E-state index in [1.54, 1.807) is 0 Å². The normalized spacial score (nSPS) is 16.6. The molecule has 3 aromatic rings. The molecule has 0 bridgehead atoms. The minimum absolute atomic E-state index is 0.0364. The van der Waals surface area contributed by atoms with Gasteiger partial charge >= 0.3 is 0 Å². The van der Waals surface area contributed by atoms with Gasteiger partial charge in [-0.25, -0.2) is 8.78 Å². The summed E-state index contributed by atoms with van der Waals surface area (Å²) in [4.78, 5) is 11.8. The van der Waals surface area contributed by atoms with Crippen molar-refractivity contribution in [1.82, 2.24) is 10.6 Å². The summed E-state index contributed by atoms with van der Waals surface area (Å²) in [6.07, 6.45) is 2.93. The number of aliphatic hydroxyl groups excluding tert-OH is 1. The minimum atomic E-state index is -0.955. The molecular formula is C30H35F2N3O2. The Bertz CT molecular complexity index is 1240. The second-order valence-electron chi connectivity index (χ2n) is 9.90. The zero-order chi connectivity index (χ0) is 26.5. The van der Waals surface area contributed by atoms with E-state index in [2.05, 4.69) is 35.8 Å². The lowest BCUT2D eigenvalue weighted by Gasteiger charge is -2.31. The summed E-state index contributed by atoms with van der Waals surface area (Å²) in [6, 6.07) is 15.0. The molecule has 0 radical (unpaired) electrons. The fourth-order valence-corrected chi connectivity index (χ4v) is 5.30. The van der Waals surface area contributed by atoms with E-state index in [0.717, 1.165) is 43.0 Å². The first-order valence-electron chi connectivity index (χ1n) is 12.9. The van der Waals surface area contributed by atoms with E-state index in [0.29, 0.717) is 5.56 Å². The SMILES string of the molecule is CCc1cc(-c2cccc(N)c2)c2c(c1)[C@H](NC[C@@H](O)[C@H](Cc1cc(F)cc(F)c1)NC(C)=O)CCC2. The Morgan fingerprint density at radius 2 is 1.86 bits per heavy atom. The van der Waals surface area contributed by atoms with Gasteiger partial charge in [0.1, 0.15) is 11.6 Å². The molecule has 0 spiro atoms. The van der Waals surface area contributed by atoms with Gasteiger partial charge in [-0.15, -0.1) is 0 Å². The number of halogens is 2. The van der Waals surface area contributed by atoms with Crippen molar-refractivity contribution >= 4 is 11.6 Å². The molecule has 4 rings (SSSR count). The molecule has 1 amide bonds. The van der Waals surface area contributed by atoms with Crippen molar-refractivity contribution in [3.63, 3.8) is 0 Å². The van der Waals surface area contributed by atoms with Gasteiger partial charge in [0.25, 0.3) is 0 Å². The summed E-state index contributed by atoms with van der Waals surface area (Å²) in [7, 11) is 0. The zero-order valence-electron chi connectivity index (χ0n) is 21.4. The Morgan fingerprint density at radius 1 is 1.11 bits per heavy atom. The van der Waals surface area contributed by atoms with E-state index in [9.17, 15) is 18.7 Å². The smallest absolute Gasteiger partial charge is 0.217 e. The highest BCUT2D eigenvalue weighted by molar-refractivity contribution is 5.74. The van der Waals surface area contributed by atoms with Gasteiger partial charge in [-0.1, -0.05) is 31.2 Å². The summed E-state index contributed by atoms with van der Waals surface area (Å²) in [6.45, 7) is 3.71. The number of benzene rings is 3. The number of amides is 1. The summed E-state index contributed by atoms with van der Waals surface area (Å²) >= 11 is 0. The van der Waals surface area contributed by atoms with Gasteiger partial charge in [-0.3, -0.25) is 4.79 Å². The largest absolute Gasteiger partial charge is 0.399 e. The number of nitrogens with one attached hydrogen (secondary N) is 2. The first kappa shape index (κ1) is 26.8. The predicted molar refractivity (Wildman–Crippen MR) is 143 cm³/mol. The molecule has 0 aromatic heterocycles. The summed E-state index contributed by atoms with van der Waals surface area (Å²) < 4.78 is 27.4. The van der Waals surface area contributed by atoms with Crippen molar-refractivity contribution in [2.24, 2.45) is 0 Å². The fraction of sp³-hybridized carbons (Fsp3) is 0.367. The maximum atomic E-state index is 13.7. The molecule has 0 heterocycles. The zero-order valence-corrected chi connectivity index (χ0v) is 21.4. The van der Waals surface area contributed by atoms with Crippen LogP contribution in [-0.2, 0) is 24.1 Å². The van der Waals surface area contributed by atoms with E-state index in [-0.39, 0.29) is 24.9 Å². The lowest BCUT2D eigenvalue weighted by molar-refractivity contribution is -0.120. The number of hydrogen-bond donors (Lipinski definition) is 4. The minimum Gasteiger partial charge on any atom is -0.399 e. The highest BCUT2D eigenvalue weighted by Gasteiger charge is 2.27. The third-order valence-electron chi connectivity index (χ3n) is 7.05. The number of carbonyl (C=O) groups excluding carboxylic acids is 1. The Morgan fingerprint density at radius 3 is 2.54 bits per heavy atom. The van der Waals surface area contributed by atoms with Crippen LogP contribution in [0.15, 0.2) is 54.6 Å². The van der Waals surface area contributed by atoms with Crippen LogP contribution in [0.25, 0.3) is 11.1 Å². The average Bonchev–Trinajstić information content (AvgIpc) is 2.85. The first-order chi connectivity index (χ1) is 17.7. The van der Waals surface area contributed by atoms with Crippen molar-refractivity contribution in [3.8, 4) is 11.1 Å². The van der Waals surface area contributed by atoms with Crippen LogP contribution >= 0.6 is 0 Å². The molecule has 0 unspecified atom stereocenters. The summed E-state index contributed by atoms with van der Waals surface area (Å²) in [5.74, 6) is -1.69. The van der Waals surface area contributed by atoms with Gasteiger partial charge in [0.15, 0.2) is 0 Å². The topological polar surface area (TPSA) is 87.4 Å². The van der Waals surface area contributed by atoms with Crippen LogP contribution in [0.2, 0.25) is 0 Å². The number of fused-ring (bicyclic) bond motifs is 1. The second kappa shape index (κ2) is 11.8. The molecule has 3 atom stereocenters. The molecule has 1 aliphatic carbocycles. The van der Waals surface area contributed by atoms with Crippen molar-refractivity contribution in [2.75, 3.05) is 12.3 Å². The summed E-state index contributed by atoms with van der Waals surface area (Å²) in [5.41, 5.74) is 13.2. The van der Waals surface area contributed by atoms with Crippen LogP contribution in [0.4, 0.5) is 14.5 Å². The molecule has 3 aromatic carbocycles. The van der Waals surface area contributed by atoms with Crippen LogP contribution in [0, 0.1) is 11.6 Å². The number of anilines is 1. The van der Waals surface area contributed by atoms with Crippen molar-refractivity contribution in [1.29, 1.82) is 0 Å². The molecular weight excluding hydrogens is 472 g/mol. The van der Waals surface area contributed by atoms with Crippen LogP contribution in [-0.4, -0.2) is 29.7 Å². The predicted octanol–water partition coefficient (Wildman–Crippen LogP) is 4.85. The van der Waals surface area contributed by atoms with Crippen molar-refractivity contribution in [3.05, 3.63) is 88.5 Å². The number of aliphatic hydroxyl groups is 1. The third kappa shape index (κ3) is 6.73.